The van der Waals surface area contributed by atoms with Gasteiger partial charge in [0.25, 0.3) is 0 Å². The van der Waals surface area contributed by atoms with Gasteiger partial charge in [-0.25, -0.2) is 8.42 Å². The maximum atomic E-state index is 13.6. The van der Waals surface area contributed by atoms with E-state index in [2.05, 4.69) is 42.5 Å². The van der Waals surface area contributed by atoms with Crippen molar-refractivity contribution in [2.45, 2.75) is 33.7 Å². The Balaban J connectivity index is 1.61. The monoisotopic (exact) mass is 394 g/mol. The van der Waals surface area contributed by atoms with Crippen LogP contribution in [0.2, 0.25) is 0 Å². The molecule has 0 spiro atoms. The molecule has 0 amide bonds. The van der Waals surface area contributed by atoms with E-state index in [-0.39, 0.29) is 5.41 Å². The fraction of sp³-hybridized carbons (Fsp3) is 0.304. The second-order valence-corrected chi connectivity index (χ2v) is 11.6. The summed E-state index contributed by atoms with van der Waals surface area (Å²) in [5.74, 6) is 0.453. The standard InChI is InChI=1S/C23H22O2S2/c1-26-23(27(24,25)19-10-3-2-4-11-19)15-18-14-22(18,16-23)21-13-7-9-17-8-5-6-12-20(17)21/h2-13,18H,14-16H2,1H3/t18-,22-,23?/m0/s1. The predicted molar refractivity (Wildman–Crippen MR) is 113 cm³/mol. The van der Waals surface area contributed by atoms with Gasteiger partial charge in [0.1, 0.15) is 4.08 Å². The number of fused-ring (bicyclic) bond motifs is 2. The first kappa shape index (κ1) is 17.3. The van der Waals surface area contributed by atoms with Crippen molar-refractivity contribution in [1.29, 1.82) is 0 Å². The summed E-state index contributed by atoms with van der Waals surface area (Å²) in [5.41, 5.74) is 1.34. The van der Waals surface area contributed by atoms with E-state index in [1.165, 1.54) is 28.1 Å². The van der Waals surface area contributed by atoms with Gasteiger partial charge >= 0.3 is 0 Å². The van der Waals surface area contributed by atoms with Crippen LogP contribution >= 0.6 is 11.8 Å². The van der Waals surface area contributed by atoms with Gasteiger partial charge in [-0.05, 0) is 59.9 Å². The lowest BCUT2D eigenvalue weighted by Gasteiger charge is -2.30. The van der Waals surface area contributed by atoms with E-state index in [1.807, 2.05) is 24.5 Å². The molecular weight excluding hydrogens is 372 g/mol. The normalized spacial score (nSPS) is 29.6. The van der Waals surface area contributed by atoms with Crippen molar-refractivity contribution in [1.82, 2.24) is 0 Å². The highest BCUT2D eigenvalue weighted by Crippen LogP contribution is 2.72. The Morgan fingerprint density at radius 3 is 2.37 bits per heavy atom. The summed E-state index contributed by atoms with van der Waals surface area (Å²) in [6, 6.07) is 23.9. The highest BCUT2D eigenvalue weighted by molar-refractivity contribution is 8.14. The molecule has 4 heteroatoms. The van der Waals surface area contributed by atoms with E-state index in [4.69, 9.17) is 0 Å². The fourth-order valence-electron chi connectivity index (χ4n) is 5.16. The van der Waals surface area contributed by atoms with E-state index in [0.717, 1.165) is 12.8 Å². The van der Waals surface area contributed by atoms with Gasteiger partial charge in [-0.3, -0.25) is 0 Å². The molecule has 1 unspecified atom stereocenters. The molecule has 3 aromatic carbocycles. The molecule has 3 atom stereocenters. The van der Waals surface area contributed by atoms with E-state index >= 15 is 0 Å². The summed E-state index contributed by atoms with van der Waals surface area (Å²) in [7, 11) is -3.39. The molecule has 0 heterocycles. The average molecular weight is 395 g/mol. The maximum Gasteiger partial charge on any atom is 0.193 e. The second kappa shape index (κ2) is 5.86. The van der Waals surface area contributed by atoms with Crippen LogP contribution in [0, 0.1) is 5.92 Å². The molecule has 27 heavy (non-hydrogen) atoms. The van der Waals surface area contributed by atoms with E-state index < -0.39 is 13.9 Å². The highest BCUT2D eigenvalue weighted by Gasteiger charge is 2.69. The van der Waals surface area contributed by atoms with Crippen LogP contribution in [0.4, 0.5) is 0 Å². The predicted octanol–water partition coefficient (Wildman–Crippen LogP) is 5.42. The van der Waals surface area contributed by atoms with Gasteiger partial charge in [0, 0.05) is 5.41 Å². The molecule has 0 bridgehead atoms. The minimum Gasteiger partial charge on any atom is -0.222 e. The Kier molecular flexibility index (Phi) is 3.76. The number of benzene rings is 3. The van der Waals surface area contributed by atoms with Crippen LogP contribution in [0.3, 0.4) is 0 Å². The first-order chi connectivity index (χ1) is 13.0. The molecule has 2 nitrogen and oxygen atoms in total. The van der Waals surface area contributed by atoms with Crippen LogP contribution in [0.15, 0.2) is 77.7 Å². The third kappa shape index (κ3) is 2.36. The van der Waals surface area contributed by atoms with Crippen LogP contribution in [0.5, 0.6) is 0 Å². The largest absolute Gasteiger partial charge is 0.222 e. The Morgan fingerprint density at radius 1 is 0.889 bits per heavy atom. The molecule has 0 aliphatic heterocycles. The smallest absolute Gasteiger partial charge is 0.193 e. The Labute approximate surface area is 164 Å². The number of rotatable bonds is 4. The Hall–Kier alpha value is -1.78. The third-order valence-electron chi connectivity index (χ3n) is 6.62. The third-order valence-corrected chi connectivity index (χ3v) is 11.0. The summed E-state index contributed by atoms with van der Waals surface area (Å²) < 4.78 is 26.4. The van der Waals surface area contributed by atoms with Crippen molar-refractivity contribution in [2.75, 3.05) is 6.26 Å². The summed E-state index contributed by atoms with van der Waals surface area (Å²) in [6.45, 7) is 0. The quantitative estimate of drug-likeness (QED) is 0.592. The summed E-state index contributed by atoms with van der Waals surface area (Å²) in [4.78, 5) is 0.453. The lowest BCUT2D eigenvalue weighted by Crippen LogP contribution is -2.35. The van der Waals surface area contributed by atoms with Crippen molar-refractivity contribution in [3.05, 3.63) is 78.4 Å². The lowest BCUT2D eigenvalue weighted by molar-refractivity contribution is 0.550. The average Bonchev–Trinajstić information content (AvgIpc) is 3.29. The van der Waals surface area contributed by atoms with Crippen molar-refractivity contribution in [2.24, 2.45) is 5.92 Å². The van der Waals surface area contributed by atoms with Gasteiger partial charge in [0.05, 0.1) is 4.90 Å². The van der Waals surface area contributed by atoms with Gasteiger partial charge in [0.15, 0.2) is 9.84 Å². The Bertz CT molecular complexity index is 1120. The SMILES string of the molecule is CSC1(S(=O)(=O)c2ccccc2)C[C@@H]2C[C@]2(c2cccc3ccccc23)C1. The minimum atomic E-state index is -3.39. The van der Waals surface area contributed by atoms with Crippen molar-refractivity contribution in [3.8, 4) is 0 Å². The number of hydrogen-bond donors (Lipinski definition) is 0. The molecule has 0 aromatic heterocycles. The fourth-order valence-corrected chi connectivity index (χ4v) is 8.91. The zero-order valence-corrected chi connectivity index (χ0v) is 16.9. The van der Waals surface area contributed by atoms with Crippen molar-refractivity contribution >= 4 is 32.4 Å². The zero-order valence-electron chi connectivity index (χ0n) is 15.3. The van der Waals surface area contributed by atoms with Crippen molar-refractivity contribution in [3.63, 3.8) is 0 Å². The summed E-state index contributed by atoms with van der Waals surface area (Å²) in [5, 5.41) is 2.51. The maximum absolute atomic E-state index is 13.6. The molecule has 2 fully saturated rings. The van der Waals surface area contributed by atoms with Crippen LogP contribution in [-0.4, -0.2) is 18.8 Å². The first-order valence-electron chi connectivity index (χ1n) is 9.36. The van der Waals surface area contributed by atoms with Crippen LogP contribution in [0.25, 0.3) is 10.8 Å². The molecule has 138 valence electrons. The number of thioether (sulfide) groups is 1. The van der Waals surface area contributed by atoms with Crippen LogP contribution < -0.4 is 0 Å². The molecular formula is C23H22O2S2. The highest BCUT2D eigenvalue weighted by atomic mass is 32.3. The molecule has 0 radical (unpaired) electrons. The van der Waals surface area contributed by atoms with Crippen LogP contribution in [-0.2, 0) is 15.3 Å². The molecule has 2 aliphatic rings. The van der Waals surface area contributed by atoms with E-state index in [9.17, 15) is 8.42 Å². The lowest BCUT2D eigenvalue weighted by atomic mass is 9.89. The first-order valence-corrected chi connectivity index (χ1v) is 12.1. The summed E-state index contributed by atoms with van der Waals surface area (Å²) in [6.07, 6.45) is 4.52. The minimum absolute atomic E-state index is 0.00568. The van der Waals surface area contributed by atoms with Gasteiger partial charge in [-0.15, -0.1) is 11.8 Å². The topological polar surface area (TPSA) is 34.1 Å². The van der Waals surface area contributed by atoms with Gasteiger partial charge < -0.3 is 0 Å². The van der Waals surface area contributed by atoms with E-state index in [0.29, 0.717) is 17.2 Å². The molecule has 3 aromatic rings. The molecule has 5 rings (SSSR count). The molecule has 0 saturated heterocycles. The van der Waals surface area contributed by atoms with Gasteiger partial charge in [-0.1, -0.05) is 60.7 Å². The zero-order chi connectivity index (χ0) is 18.7. The number of hydrogen-bond acceptors (Lipinski definition) is 3. The number of sulfone groups is 1. The van der Waals surface area contributed by atoms with Gasteiger partial charge in [-0.2, -0.15) is 0 Å². The molecule has 2 saturated carbocycles. The summed E-state index contributed by atoms with van der Waals surface area (Å²) >= 11 is 1.53. The molecule has 2 aliphatic carbocycles. The van der Waals surface area contributed by atoms with Crippen molar-refractivity contribution < 1.29 is 8.42 Å². The Morgan fingerprint density at radius 2 is 1.59 bits per heavy atom. The molecule has 0 N–H and O–H groups in total. The van der Waals surface area contributed by atoms with Crippen LogP contribution in [0.1, 0.15) is 24.8 Å². The second-order valence-electron chi connectivity index (χ2n) is 7.90. The van der Waals surface area contributed by atoms with Gasteiger partial charge in [0.2, 0.25) is 0 Å². The van der Waals surface area contributed by atoms with E-state index in [1.54, 1.807) is 12.1 Å².